The first-order valence-corrected chi connectivity index (χ1v) is 10.7. The van der Waals surface area contributed by atoms with Gasteiger partial charge in [0.15, 0.2) is 0 Å². The zero-order valence-electron chi connectivity index (χ0n) is 17.3. The highest BCUT2D eigenvalue weighted by molar-refractivity contribution is 5.83. The van der Waals surface area contributed by atoms with Crippen molar-refractivity contribution in [2.24, 2.45) is 17.3 Å². The standard InChI is InChI=1S/C25H37N/c1-5-14-26-18-21-7-11-22-16-20(6-10-23(22)17-21)15-19-8-12-24(13-9-19)25(2,3)4/h6-7,10-11,16-17,19,24,26H,5,8-9,12-15,18H2,1-4H3. The van der Waals surface area contributed by atoms with Gasteiger partial charge in [0.1, 0.15) is 0 Å². The molecular formula is C25H37N. The van der Waals surface area contributed by atoms with E-state index >= 15 is 0 Å². The lowest BCUT2D eigenvalue weighted by Gasteiger charge is -2.37. The Balaban J connectivity index is 1.60. The Hall–Kier alpha value is -1.34. The number of hydrogen-bond acceptors (Lipinski definition) is 1. The largest absolute Gasteiger partial charge is 0.313 e. The summed E-state index contributed by atoms with van der Waals surface area (Å²) in [6.45, 7) is 11.5. The molecule has 2 aromatic rings. The van der Waals surface area contributed by atoms with Gasteiger partial charge in [-0.2, -0.15) is 0 Å². The van der Waals surface area contributed by atoms with Gasteiger partial charge in [-0.3, -0.25) is 0 Å². The van der Waals surface area contributed by atoms with Crippen molar-refractivity contribution in [1.82, 2.24) is 5.32 Å². The topological polar surface area (TPSA) is 12.0 Å². The van der Waals surface area contributed by atoms with Gasteiger partial charge in [0.2, 0.25) is 0 Å². The third kappa shape index (κ3) is 5.10. The molecule has 2 aromatic carbocycles. The molecule has 0 aliphatic heterocycles. The Morgan fingerprint density at radius 3 is 2.12 bits per heavy atom. The average Bonchev–Trinajstić information content (AvgIpc) is 2.62. The fourth-order valence-corrected chi connectivity index (χ4v) is 4.56. The molecule has 1 saturated carbocycles. The molecule has 1 heteroatoms. The van der Waals surface area contributed by atoms with E-state index in [-0.39, 0.29) is 0 Å². The van der Waals surface area contributed by atoms with Crippen LogP contribution in [-0.2, 0) is 13.0 Å². The van der Waals surface area contributed by atoms with Crippen LogP contribution >= 0.6 is 0 Å². The van der Waals surface area contributed by atoms with Crippen molar-refractivity contribution in [2.45, 2.75) is 72.8 Å². The van der Waals surface area contributed by atoms with E-state index in [1.807, 2.05) is 0 Å². The monoisotopic (exact) mass is 351 g/mol. The van der Waals surface area contributed by atoms with Gasteiger partial charge in [0, 0.05) is 6.54 Å². The lowest BCUT2D eigenvalue weighted by atomic mass is 9.69. The van der Waals surface area contributed by atoms with Gasteiger partial charge in [-0.05, 0) is 90.3 Å². The predicted octanol–water partition coefficient (Wildman–Crippen LogP) is 6.73. The Morgan fingerprint density at radius 1 is 0.885 bits per heavy atom. The summed E-state index contributed by atoms with van der Waals surface area (Å²) in [5, 5.41) is 6.27. The minimum absolute atomic E-state index is 0.484. The molecule has 1 N–H and O–H groups in total. The fraction of sp³-hybridized carbons (Fsp3) is 0.600. The smallest absolute Gasteiger partial charge is 0.0205 e. The highest BCUT2D eigenvalue weighted by Crippen LogP contribution is 2.40. The van der Waals surface area contributed by atoms with Crippen LogP contribution in [-0.4, -0.2) is 6.54 Å². The molecule has 1 fully saturated rings. The van der Waals surface area contributed by atoms with E-state index in [0.29, 0.717) is 5.41 Å². The number of nitrogens with one attached hydrogen (secondary N) is 1. The molecule has 1 aliphatic rings. The summed E-state index contributed by atoms with van der Waals surface area (Å²) in [5.74, 6) is 1.79. The third-order valence-electron chi connectivity index (χ3n) is 6.32. The molecule has 0 atom stereocenters. The van der Waals surface area contributed by atoms with Gasteiger partial charge < -0.3 is 5.32 Å². The SMILES string of the molecule is CCCNCc1ccc2cc(CC3CCC(C(C)(C)C)CC3)ccc2c1. The maximum absolute atomic E-state index is 3.50. The van der Waals surface area contributed by atoms with E-state index in [4.69, 9.17) is 0 Å². The van der Waals surface area contributed by atoms with Crippen LogP contribution in [0.15, 0.2) is 36.4 Å². The van der Waals surface area contributed by atoms with Crippen LogP contribution in [0.4, 0.5) is 0 Å². The van der Waals surface area contributed by atoms with E-state index in [1.54, 1.807) is 0 Å². The van der Waals surface area contributed by atoms with Crippen LogP contribution in [0.3, 0.4) is 0 Å². The Bertz CT molecular complexity index is 702. The number of fused-ring (bicyclic) bond motifs is 1. The quantitative estimate of drug-likeness (QED) is 0.569. The molecule has 0 radical (unpaired) electrons. The Labute approximate surface area is 160 Å². The zero-order valence-corrected chi connectivity index (χ0v) is 17.3. The first kappa shape index (κ1) is 19.4. The zero-order chi connectivity index (χ0) is 18.6. The second-order valence-electron chi connectivity index (χ2n) is 9.48. The summed E-state index contributed by atoms with van der Waals surface area (Å²) >= 11 is 0. The third-order valence-corrected chi connectivity index (χ3v) is 6.32. The second kappa shape index (κ2) is 8.57. The van der Waals surface area contributed by atoms with Crippen molar-refractivity contribution >= 4 is 10.8 Å². The van der Waals surface area contributed by atoms with Gasteiger partial charge >= 0.3 is 0 Å². The van der Waals surface area contributed by atoms with Crippen molar-refractivity contribution in [1.29, 1.82) is 0 Å². The second-order valence-corrected chi connectivity index (χ2v) is 9.48. The highest BCUT2D eigenvalue weighted by Gasteiger charge is 2.29. The number of hydrogen-bond donors (Lipinski definition) is 1. The molecule has 1 aliphatic carbocycles. The summed E-state index contributed by atoms with van der Waals surface area (Å²) in [5.41, 5.74) is 3.39. The van der Waals surface area contributed by atoms with Crippen molar-refractivity contribution in [3.05, 3.63) is 47.5 Å². The number of rotatable bonds is 6. The van der Waals surface area contributed by atoms with Crippen molar-refractivity contribution in [3.8, 4) is 0 Å². The molecule has 0 saturated heterocycles. The van der Waals surface area contributed by atoms with Crippen LogP contribution in [0.1, 0.15) is 70.9 Å². The van der Waals surface area contributed by atoms with Crippen molar-refractivity contribution in [2.75, 3.05) is 6.54 Å². The normalized spacial score (nSPS) is 21.2. The molecule has 1 nitrogen and oxygen atoms in total. The number of benzene rings is 2. The molecule has 3 rings (SSSR count). The molecule has 142 valence electrons. The molecule has 0 bridgehead atoms. The maximum Gasteiger partial charge on any atom is 0.0205 e. The van der Waals surface area contributed by atoms with Gasteiger partial charge in [-0.1, -0.05) is 58.0 Å². The van der Waals surface area contributed by atoms with Crippen molar-refractivity contribution < 1.29 is 0 Å². The summed E-state index contributed by atoms with van der Waals surface area (Å²) in [6, 6.07) is 14.0. The van der Waals surface area contributed by atoms with Crippen LogP contribution in [0, 0.1) is 17.3 Å². The van der Waals surface area contributed by atoms with Gasteiger partial charge in [-0.15, -0.1) is 0 Å². The van der Waals surface area contributed by atoms with Crippen LogP contribution in [0.2, 0.25) is 0 Å². The molecule has 0 spiro atoms. The van der Waals surface area contributed by atoms with E-state index in [2.05, 4.69) is 69.4 Å². The summed E-state index contributed by atoms with van der Waals surface area (Å²) in [7, 11) is 0. The summed E-state index contributed by atoms with van der Waals surface area (Å²) in [6.07, 6.45) is 8.08. The predicted molar refractivity (Wildman–Crippen MR) is 115 cm³/mol. The van der Waals surface area contributed by atoms with E-state index in [9.17, 15) is 0 Å². The summed E-state index contributed by atoms with van der Waals surface area (Å²) in [4.78, 5) is 0. The van der Waals surface area contributed by atoms with E-state index in [1.165, 1.54) is 60.4 Å². The maximum atomic E-state index is 3.50. The minimum atomic E-state index is 0.484. The lowest BCUT2D eigenvalue weighted by Crippen LogP contribution is -2.26. The van der Waals surface area contributed by atoms with Gasteiger partial charge in [-0.25, -0.2) is 0 Å². The molecule has 26 heavy (non-hydrogen) atoms. The summed E-state index contributed by atoms with van der Waals surface area (Å²) < 4.78 is 0. The lowest BCUT2D eigenvalue weighted by molar-refractivity contribution is 0.150. The van der Waals surface area contributed by atoms with E-state index < -0.39 is 0 Å². The highest BCUT2D eigenvalue weighted by atomic mass is 14.8. The first-order valence-electron chi connectivity index (χ1n) is 10.7. The molecule has 0 aromatic heterocycles. The fourth-order valence-electron chi connectivity index (χ4n) is 4.56. The van der Waals surface area contributed by atoms with Gasteiger partial charge in [0.25, 0.3) is 0 Å². The van der Waals surface area contributed by atoms with Crippen LogP contribution < -0.4 is 5.32 Å². The van der Waals surface area contributed by atoms with Gasteiger partial charge in [0.05, 0.1) is 0 Å². The van der Waals surface area contributed by atoms with E-state index in [0.717, 1.165) is 24.9 Å². The molecule has 0 amide bonds. The average molecular weight is 352 g/mol. The van der Waals surface area contributed by atoms with Crippen LogP contribution in [0.5, 0.6) is 0 Å². The Kier molecular flexibility index (Phi) is 6.40. The van der Waals surface area contributed by atoms with Crippen LogP contribution in [0.25, 0.3) is 10.8 Å². The molecule has 0 unspecified atom stereocenters. The van der Waals surface area contributed by atoms with Crippen molar-refractivity contribution in [3.63, 3.8) is 0 Å². The first-order chi connectivity index (χ1) is 12.5. The molecule has 0 heterocycles. The Morgan fingerprint density at radius 2 is 1.50 bits per heavy atom. The minimum Gasteiger partial charge on any atom is -0.313 e. The molecular weight excluding hydrogens is 314 g/mol.